The molecular weight excluding hydrogens is 346 g/mol. The molecule has 2 aliphatic rings. The number of hydrogen-bond donors (Lipinski definition) is 1. The molecule has 8 heteroatoms. The highest BCUT2D eigenvalue weighted by Gasteiger charge is 2.37. The van der Waals surface area contributed by atoms with E-state index < -0.39 is 5.60 Å². The molecule has 8 nitrogen and oxygen atoms in total. The van der Waals surface area contributed by atoms with Gasteiger partial charge in [0.05, 0.1) is 31.6 Å². The number of aromatic nitrogens is 3. The summed E-state index contributed by atoms with van der Waals surface area (Å²) >= 11 is 0. The SMILES string of the molecule is O=C(c1cn(-c2ccccc2)nn1)N1CCOC[C@@](O)(CN2CCCC2)C1. The summed E-state index contributed by atoms with van der Waals surface area (Å²) in [6, 6.07) is 9.53. The first-order valence-electron chi connectivity index (χ1n) is 9.43. The van der Waals surface area contributed by atoms with Crippen molar-refractivity contribution in [2.24, 2.45) is 0 Å². The number of likely N-dealkylation sites (tertiary alicyclic amines) is 1. The van der Waals surface area contributed by atoms with Gasteiger partial charge in [-0.25, -0.2) is 4.68 Å². The average molecular weight is 371 g/mol. The molecule has 0 radical (unpaired) electrons. The molecule has 0 unspecified atom stereocenters. The van der Waals surface area contributed by atoms with Gasteiger partial charge < -0.3 is 19.6 Å². The second-order valence-electron chi connectivity index (χ2n) is 7.37. The fraction of sp³-hybridized carbons (Fsp3) is 0.526. The number of ether oxygens (including phenoxy) is 1. The van der Waals surface area contributed by atoms with Crippen LogP contribution in [0, 0.1) is 0 Å². The van der Waals surface area contributed by atoms with Crippen molar-refractivity contribution in [3.63, 3.8) is 0 Å². The molecule has 0 aliphatic carbocycles. The van der Waals surface area contributed by atoms with E-state index in [4.69, 9.17) is 4.74 Å². The van der Waals surface area contributed by atoms with Crippen molar-refractivity contribution in [3.8, 4) is 5.69 Å². The Balaban J connectivity index is 1.48. The van der Waals surface area contributed by atoms with Gasteiger partial charge in [-0.3, -0.25) is 4.79 Å². The van der Waals surface area contributed by atoms with Gasteiger partial charge in [0.15, 0.2) is 5.69 Å². The summed E-state index contributed by atoms with van der Waals surface area (Å²) in [6.45, 7) is 3.81. The number of β-amino-alcohol motifs (C(OH)–C–C–N with tert-alkyl or cyclic N) is 1. The van der Waals surface area contributed by atoms with Gasteiger partial charge in [0.2, 0.25) is 0 Å². The van der Waals surface area contributed by atoms with E-state index in [1.165, 1.54) is 0 Å². The van der Waals surface area contributed by atoms with Crippen LogP contribution in [0.15, 0.2) is 36.5 Å². The van der Waals surface area contributed by atoms with E-state index in [9.17, 15) is 9.90 Å². The van der Waals surface area contributed by atoms with Crippen LogP contribution in [0.5, 0.6) is 0 Å². The molecule has 1 aromatic heterocycles. The number of carbonyl (C=O) groups excluding carboxylic acids is 1. The summed E-state index contributed by atoms with van der Waals surface area (Å²) in [6.07, 6.45) is 3.94. The van der Waals surface area contributed by atoms with E-state index in [0.717, 1.165) is 31.6 Å². The van der Waals surface area contributed by atoms with Crippen LogP contribution >= 0.6 is 0 Å². The number of benzene rings is 1. The highest BCUT2D eigenvalue weighted by molar-refractivity contribution is 5.92. The van der Waals surface area contributed by atoms with E-state index in [-0.39, 0.29) is 24.8 Å². The summed E-state index contributed by atoms with van der Waals surface area (Å²) in [5.74, 6) is -0.234. The molecule has 1 N–H and O–H groups in total. The van der Waals surface area contributed by atoms with E-state index in [1.54, 1.807) is 15.8 Å². The number of para-hydroxylation sites is 1. The van der Waals surface area contributed by atoms with Crippen LogP contribution in [0.2, 0.25) is 0 Å². The van der Waals surface area contributed by atoms with Crippen LogP contribution in [0.3, 0.4) is 0 Å². The lowest BCUT2D eigenvalue weighted by Gasteiger charge is -2.33. The van der Waals surface area contributed by atoms with Crippen LogP contribution in [-0.4, -0.2) is 87.3 Å². The van der Waals surface area contributed by atoms with Crippen LogP contribution in [0.4, 0.5) is 0 Å². The molecule has 2 aliphatic heterocycles. The minimum absolute atomic E-state index is 0.234. The summed E-state index contributed by atoms with van der Waals surface area (Å²) in [5, 5.41) is 19.2. The normalized spacial score (nSPS) is 24.1. The third kappa shape index (κ3) is 4.18. The highest BCUT2D eigenvalue weighted by atomic mass is 16.5. The van der Waals surface area contributed by atoms with Gasteiger partial charge in [-0.1, -0.05) is 23.4 Å². The standard InChI is InChI=1S/C19H25N5O3/c25-18(17-12-24(21-20-17)16-6-2-1-3-7-16)23-10-11-27-15-19(26,14-23)13-22-8-4-5-9-22/h1-3,6-7,12,26H,4-5,8-11,13-15H2/t19-/m1/s1. The molecule has 1 atom stereocenters. The maximum Gasteiger partial charge on any atom is 0.276 e. The van der Waals surface area contributed by atoms with Crippen molar-refractivity contribution in [2.75, 3.05) is 45.9 Å². The zero-order valence-corrected chi connectivity index (χ0v) is 15.3. The topological polar surface area (TPSA) is 83.7 Å². The number of rotatable bonds is 4. The molecule has 27 heavy (non-hydrogen) atoms. The Bertz CT molecular complexity index is 775. The van der Waals surface area contributed by atoms with Crippen LogP contribution < -0.4 is 0 Å². The summed E-state index contributed by atoms with van der Waals surface area (Å²) < 4.78 is 7.18. The van der Waals surface area contributed by atoms with E-state index >= 15 is 0 Å². The third-order valence-electron chi connectivity index (χ3n) is 5.10. The van der Waals surface area contributed by atoms with Gasteiger partial charge >= 0.3 is 0 Å². The van der Waals surface area contributed by atoms with E-state index in [1.807, 2.05) is 30.3 Å². The van der Waals surface area contributed by atoms with Gasteiger partial charge in [0, 0.05) is 13.1 Å². The van der Waals surface area contributed by atoms with Crippen molar-refractivity contribution >= 4 is 5.91 Å². The van der Waals surface area contributed by atoms with Gasteiger partial charge in [-0.2, -0.15) is 0 Å². The smallest absolute Gasteiger partial charge is 0.276 e. The molecule has 0 saturated carbocycles. The lowest BCUT2D eigenvalue weighted by molar-refractivity contribution is -0.0524. The molecule has 2 fully saturated rings. The Labute approximate surface area is 158 Å². The second kappa shape index (κ2) is 7.75. The van der Waals surface area contributed by atoms with Crippen molar-refractivity contribution < 1.29 is 14.6 Å². The first-order valence-corrected chi connectivity index (χ1v) is 9.43. The zero-order valence-electron chi connectivity index (χ0n) is 15.3. The predicted octanol–water partition coefficient (Wildman–Crippen LogP) is 0.567. The van der Waals surface area contributed by atoms with Gasteiger partial charge in [-0.15, -0.1) is 5.10 Å². The molecule has 1 amide bonds. The van der Waals surface area contributed by atoms with Crippen molar-refractivity contribution in [2.45, 2.75) is 18.4 Å². The monoisotopic (exact) mass is 371 g/mol. The fourth-order valence-electron chi connectivity index (χ4n) is 3.77. The first kappa shape index (κ1) is 18.1. The molecule has 144 valence electrons. The quantitative estimate of drug-likeness (QED) is 0.846. The average Bonchev–Trinajstić information content (AvgIpc) is 3.33. The van der Waals surface area contributed by atoms with E-state index in [2.05, 4.69) is 15.2 Å². The van der Waals surface area contributed by atoms with Crippen molar-refractivity contribution in [3.05, 3.63) is 42.2 Å². The minimum atomic E-state index is -1.06. The van der Waals surface area contributed by atoms with Gasteiger partial charge in [0.25, 0.3) is 5.91 Å². The Morgan fingerprint density at radius 2 is 1.96 bits per heavy atom. The Hall–Kier alpha value is -2.29. The van der Waals surface area contributed by atoms with Crippen LogP contribution in [-0.2, 0) is 4.74 Å². The highest BCUT2D eigenvalue weighted by Crippen LogP contribution is 2.19. The predicted molar refractivity (Wildman–Crippen MR) is 98.7 cm³/mol. The van der Waals surface area contributed by atoms with Gasteiger partial charge in [-0.05, 0) is 38.1 Å². The summed E-state index contributed by atoms with van der Waals surface area (Å²) in [5.41, 5.74) is 0.0458. The van der Waals surface area contributed by atoms with Gasteiger partial charge in [0.1, 0.15) is 5.60 Å². The first-order chi connectivity index (χ1) is 13.1. The lowest BCUT2D eigenvalue weighted by Crippen LogP contribution is -2.53. The van der Waals surface area contributed by atoms with Crippen LogP contribution in [0.25, 0.3) is 5.69 Å². The molecule has 1 aromatic carbocycles. The third-order valence-corrected chi connectivity index (χ3v) is 5.10. The van der Waals surface area contributed by atoms with E-state index in [0.29, 0.717) is 19.7 Å². The maximum absolute atomic E-state index is 13.0. The Morgan fingerprint density at radius 3 is 2.74 bits per heavy atom. The number of aliphatic hydroxyl groups is 1. The number of amides is 1. The number of nitrogens with zero attached hydrogens (tertiary/aromatic N) is 5. The number of hydrogen-bond acceptors (Lipinski definition) is 6. The minimum Gasteiger partial charge on any atom is -0.384 e. The Kier molecular flexibility index (Phi) is 5.20. The molecule has 2 saturated heterocycles. The maximum atomic E-state index is 13.0. The molecule has 3 heterocycles. The lowest BCUT2D eigenvalue weighted by atomic mass is 10.0. The van der Waals surface area contributed by atoms with Crippen LogP contribution in [0.1, 0.15) is 23.3 Å². The summed E-state index contributed by atoms with van der Waals surface area (Å²) in [4.78, 5) is 16.8. The molecule has 2 aromatic rings. The summed E-state index contributed by atoms with van der Waals surface area (Å²) in [7, 11) is 0. The Morgan fingerprint density at radius 1 is 1.19 bits per heavy atom. The molecule has 0 bridgehead atoms. The zero-order chi connectivity index (χ0) is 18.7. The van der Waals surface area contributed by atoms with Crippen molar-refractivity contribution in [1.82, 2.24) is 24.8 Å². The molecule has 4 rings (SSSR count). The molecular formula is C19H25N5O3. The molecule has 0 spiro atoms. The second-order valence-corrected chi connectivity index (χ2v) is 7.37. The fourth-order valence-corrected chi connectivity index (χ4v) is 3.77. The largest absolute Gasteiger partial charge is 0.384 e. The van der Waals surface area contributed by atoms with Crippen molar-refractivity contribution in [1.29, 1.82) is 0 Å². The number of carbonyl (C=O) groups is 1.